The lowest BCUT2D eigenvalue weighted by atomic mass is 9.91. The van der Waals surface area contributed by atoms with Crippen LogP contribution in [-0.4, -0.2) is 25.8 Å². The molecule has 0 bridgehead atoms. The fraction of sp³-hybridized carbons (Fsp3) is 0.647. The molecule has 1 aliphatic rings. The third kappa shape index (κ3) is 4.31. The van der Waals surface area contributed by atoms with Crippen LogP contribution in [0.15, 0.2) is 29.2 Å². The zero-order valence-electron chi connectivity index (χ0n) is 13.2. The quantitative estimate of drug-likeness (QED) is 0.842. The molecule has 4 nitrogen and oxygen atoms in total. The van der Waals surface area contributed by atoms with E-state index in [4.69, 9.17) is 5.73 Å². The summed E-state index contributed by atoms with van der Waals surface area (Å²) >= 11 is 0. The van der Waals surface area contributed by atoms with E-state index in [-0.39, 0.29) is 17.6 Å². The van der Waals surface area contributed by atoms with Crippen molar-refractivity contribution in [1.82, 2.24) is 0 Å². The van der Waals surface area contributed by atoms with Crippen molar-refractivity contribution in [2.24, 2.45) is 17.6 Å². The molecular formula is C17H27NO3S. The van der Waals surface area contributed by atoms with Crippen molar-refractivity contribution in [1.29, 1.82) is 0 Å². The maximum Gasteiger partial charge on any atom is 0.178 e. The molecule has 0 radical (unpaired) electrons. The van der Waals surface area contributed by atoms with Crippen LogP contribution in [-0.2, 0) is 9.84 Å². The minimum absolute atomic E-state index is 0.101. The first-order valence-corrected chi connectivity index (χ1v) is 9.80. The average Bonchev–Trinajstić information content (AvgIpc) is 2.54. The van der Waals surface area contributed by atoms with Gasteiger partial charge in [0.2, 0.25) is 0 Å². The second-order valence-electron chi connectivity index (χ2n) is 6.52. The van der Waals surface area contributed by atoms with Gasteiger partial charge in [-0.15, -0.1) is 0 Å². The van der Waals surface area contributed by atoms with E-state index in [1.54, 1.807) is 24.3 Å². The Morgan fingerprint density at radius 1 is 1.27 bits per heavy atom. The Kier molecular flexibility index (Phi) is 6.01. The van der Waals surface area contributed by atoms with Crippen LogP contribution >= 0.6 is 0 Å². The molecule has 0 aromatic heterocycles. The van der Waals surface area contributed by atoms with Crippen molar-refractivity contribution >= 4 is 9.84 Å². The second kappa shape index (κ2) is 7.57. The molecule has 2 rings (SSSR count). The summed E-state index contributed by atoms with van der Waals surface area (Å²) < 4.78 is 25.2. The third-order valence-corrected chi connectivity index (χ3v) is 6.53. The molecule has 1 aliphatic carbocycles. The first kappa shape index (κ1) is 17.4. The van der Waals surface area contributed by atoms with E-state index < -0.39 is 15.9 Å². The van der Waals surface area contributed by atoms with Gasteiger partial charge >= 0.3 is 0 Å². The minimum Gasteiger partial charge on any atom is -0.388 e. The van der Waals surface area contributed by atoms with Gasteiger partial charge in [0.25, 0.3) is 0 Å². The van der Waals surface area contributed by atoms with Crippen molar-refractivity contribution < 1.29 is 13.5 Å². The van der Waals surface area contributed by atoms with Crippen LogP contribution in [0.5, 0.6) is 0 Å². The van der Waals surface area contributed by atoms with Crippen molar-refractivity contribution in [2.75, 3.05) is 12.3 Å². The number of nitrogens with two attached hydrogens (primary N) is 1. The zero-order valence-corrected chi connectivity index (χ0v) is 14.1. The fourth-order valence-electron chi connectivity index (χ4n) is 3.11. The van der Waals surface area contributed by atoms with Gasteiger partial charge in [0, 0.05) is 0 Å². The number of sulfone groups is 1. The average molecular weight is 325 g/mol. The summed E-state index contributed by atoms with van der Waals surface area (Å²) in [5, 5.41) is 10.2. The fourth-order valence-corrected chi connectivity index (χ4v) is 4.86. The SMILES string of the molecule is CC(CN)C(O)c1cccc(S(=O)(=O)CC2CCCCC2)c1. The number of hydrogen-bond donors (Lipinski definition) is 2. The summed E-state index contributed by atoms with van der Waals surface area (Å²) in [7, 11) is -3.29. The first-order valence-electron chi connectivity index (χ1n) is 8.15. The van der Waals surface area contributed by atoms with Gasteiger partial charge in [-0.05, 0) is 48.9 Å². The molecule has 5 heteroatoms. The molecule has 3 N–H and O–H groups in total. The van der Waals surface area contributed by atoms with E-state index in [0.717, 1.165) is 25.7 Å². The number of hydrogen-bond acceptors (Lipinski definition) is 4. The largest absolute Gasteiger partial charge is 0.388 e. The summed E-state index contributed by atoms with van der Waals surface area (Å²) in [6.45, 7) is 2.22. The Bertz CT molecular complexity index is 579. The Labute approximate surface area is 133 Å². The van der Waals surface area contributed by atoms with Crippen LogP contribution in [0.4, 0.5) is 0 Å². The molecule has 0 amide bonds. The second-order valence-corrected chi connectivity index (χ2v) is 8.55. The van der Waals surface area contributed by atoms with Gasteiger partial charge in [-0.2, -0.15) is 0 Å². The monoisotopic (exact) mass is 325 g/mol. The maximum atomic E-state index is 12.6. The lowest BCUT2D eigenvalue weighted by Gasteiger charge is -2.22. The number of benzene rings is 1. The van der Waals surface area contributed by atoms with Crippen molar-refractivity contribution in [3.63, 3.8) is 0 Å². The zero-order chi connectivity index (χ0) is 16.2. The molecule has 0 aliphatic heterocycles. The number of aliphatic hydroxyl groups excluding tert-OH is 1. The number of rotatable bonds is 6. The lowest BCUT2D eigenvalue weighted by Crippen LogP contribution is -2.20. The smallest absolute Gasteiger partial charge is 0.178 e. The molecular weight excluding hydrogens is 298 g/mol. The Morgan fingerprint density at radius 3 is 2.59 bits per heavy atom. The van der Waals surface area contributed by atoms with Gasteiger partial charge in [-0.1, -0.05) is 38.3 Å². The van der Waals surface area contributed by atoms with Crippen molar-refractivity contribution in [3.05, 3.63) is 29.8 Å². The van der Waals surface area contributed by atoms with Crippen LogP contribution in [0.3, 0.4) is 0 Å². The Hall–Kier alpha value is -0.910. The Balaban J connectivity index is 2.16. The lowest BCUT2D eigenvalue weighted by molar-refractivity contribution is 0.121. The summed E-state index contributed by atoms with van der Waals surface area (Å²) in [5.74, 6) is 0.394. The van der Waals surface area contributed by atoms with Crippen molar-refractivity contribution in [2.45, 2.75) is 50.0 Å². The normalized spacial score (nSPS) is 19.8. The van der Waals surface area contributed by atoms with Gasteiger partial charge in [0.05, 0.1) is 16.8 Å². The molecule has 0 saturated heterocycles. The first-order chi connectivity index (χ1) is 10.4. The van der Waals surface area contributed by atoms with E-state index in [9.17, 15) is 13.5 Å². The summed E-state index contributed by atoms with van der Waals surface area (Å²) in [4.78, 5) is 0.318. The van der Waals surface area contributed by atoms with Gasteiger partial charge in [0.1, 0.15) is 0 Å². The predicted molar refractivity (Wildman–Crippen MR) is 88.2 cm³/mol. The summed E-state index contributed by atoms with van der Waals surface area (Å²) in [6.07, 6.45) is 4.77. The standard InChI is InChI=1S/C17H27NO3S/c1-13(11-18)17(19)15-8-5-9-16(10-15)22(20,21)12-14-6-3-2-4-7-14/h5,8-10,13-14,17,19H,2-4,6-7,11-12,18H2,1H3. The molecule has 124 valence electrons. The predicted octanol–water partition coefficient (Wildman–Crippen LogP) is 2.67. The molecule has 22 heavy (non-hydrogen) atoms. The highest BCUT2D eigenvalue weighted by molar-refractivity contribution is 7.91. The molecule has 2 unspecified atom stereocenters. The van der Waals surface area contributed by atoms with Gasteiger partial charge < -0.3 is 10.8 Å². The van der Waals surface area contributed by atoms with Crippen LogP contribution in [0, 0.1) is 11.8 Å². The number of aliphatic hydroxyl groups is 1. The van der Waals surface area contributed by atoms with E-state index in [0.29, 0.717) is 17.0 Å². The molecule has 0 heterocycles. The highest BCUT2D eigenvalue weighted by Crippen LogP contribution is 2.28. The molecule has 1 saturated carbocycles. The van der Waals surface area contributed by atoms with Crippen LogP contribution < -0.4 is 5.73 Å². The van der Waals surface area contributed by atoms with Crippen LogP contribution in [0.25, 0.3) is 0 Å². The highest BCUT2D eigenvalue weighted by Gasteiger charge is 2.24. The molecule has 1 aromatic carbocycles. The minimum atomic E-state index is -3.29. The Morgan fingerprint density at radius 2 is 1.95 bits per heavy atom. The van der Waals surface area contributed by atoms with Gasteiger partial charge in [-0.3, -0.25) is 0 Å². The van der Waals surface area contributed by atoms with Crippen LogP contribution in [0.1, 0.15) is 50.7 Å². The molecule has 0 spiro atoms. The van der Waals surface area contributed by atoms with Crippen LogP contribution in [0.2, 0.25) is 0 Å². The maximum absolute atomic E-state index is 12.6. The van der Waals surface area contributed by atoms with E-state index in [2.05, 4.69) is 0 Å². The van der Waals surface area contributed by atoms with Gasteiger partial charge in [-0.25, -0.2) is 8.42 Å². The summed E-state index contributed by atoms with van der Waals surface area (Å²) in [6, 6.07) is 6.70. The third-order valence-electron chi connectivity index (χ3n) is 4.65. The van der Waals surface area contributed by atoms with E-state index >= 15 is 0 Å². The van der Waals surface area contributed by atoms with Crippen molar-refractivity contribution in [3.8, 4) is 0 Å². The molecule has 2 atom stereocenters. The van der Waals surface area contributed by atoms with Gasteiger partial charge in [0.15, 0.2) is 9.84 Å². The molecule has 1 fully saturated rings. The van der Waals surface area contributed by atoms with E-state index in [1.165, 1.54) is 6.42 Å². The van der Waals surface area contributed by atoms with E-state index in [1.807, 2.05) is 6.92 Å². The highest BCUT2D eigenvalue weighted by atomic mass is 32.2. The summed E-state index contributed by atoms with van der Waals surface area (Å²) in [5.41, 5.74) is 6.21. The molecule has 1 aromatic rings. The topological polar surface area (TPSA) is 80.4 Å².